The van der Waals surface area contributed by atoms with E-state index in [1.165, 1.54) is 0 Å². The summed E-state index contributed by atoms with van der Waals surface area (Å²) in [6, 6.07) is 0. The maximum Gasteiger partial charge on any atom is 0.0569 e. The number of aliphatic hydroxyl groups excluding tert-OH is 1. The Morgan fingerprint density at radius 2 is 2.50 bits per heavy atom. The number of rotatable bonds is 1. The van der Waals surface area contributed by atoms with E-state index in [1.54, 1.807) is 0 Å². The molecule has 0 bridgehead atoms. The third kappa shape index (κ3) is 9.27. The third-order valence-electron chi connectivity index (χ3n) is 0. The van der Waals surface area contributed by atoms with Gasteiger partial charge in [-0.3, -0.25) is 0 Å². The SMILES string of the molecule is [3H]PCO.[Nd]. The summed E-state index contributed by atoms with van der Waals surface area (Å²) in [6.45, 7) is 0. The fraction of sp³-hybridized carbons (Fsp3) is 1.00. The molecule has 0 saturated carbocycles. The molecular weight excluding hydrogens is 203 g/mol. The summed E-state index contributed by atoms with van der Waals surface area (Å²) in [5, 5.41) is 7.70. The van der Waals surface area contributed by atoms with Crippen molar-refractivity contribution in [2.75, 3.05) is 6.35 Å². The molecule has 0 aliphatic heterocycles. The molecule has 0 heterocycles. The smallest absolute Gasteiger partial charge is 0.0569 e. The molecule has 0 aromatic heterocycles. The van der Waals surface area contributed by atoms with Gasteiger partial charge in [-0.05, 0) is 0 Å². The first-order chi connectivity index (χ1) is 1.91. The van der Waals surface area contributed by atoms with Crippen LogP contribution in [0.25, 0.3) is 0 Å². The second-order valence-corrected chi connectivity index (χ2v) is 0.474. The molecule has 3 heteroatoms. The zero-order valence-electron chi connectivity index (χ0n) is 3.15. The van der Waals surface area contributed by atoms with Gasteiger partial charge in [-0.15, -0.1) is 9.18 Å². The molecule has 4 heavy (non-hydrogen) atoms. The van der Waals surface area contributed by atoms with E-state index in [4.69, 9.17) is 6.39 Å². The molecule has 0 fully saturated rings. The molecule has 0 radical (unpaired) electrons. The molecule has 0 rings (SSSR count). The minimum absolute atomic E-state index is 0. The van der Waals surface area contributed by atoms with Crippen LogP contribution in [-0.2, 0) is 0 Å². The Kier molecular flexibility index (Phi) is 12.7. The summed E-state index contributed by atoms with van der Waals surface area (Å²) >= 11 is 0. The Bertz CT molecular complexity index is 13.6. The Morgan fingerprint density at radius 1 is 2.25 bits per heavy atom. The van der Waals surface area contributed by atoms with E-state index in [1.807, 2.05) is 0 Å². The summed E-state index contributed by atoms with van der Waals surface area (Å²) < 4.78 is 6.23. The van der Waals surface area contributed by atoms with Crippen LogP contribution in [0.3, 0.4) is 0 Å². The molecule has 0 amide bonds. The molecule has 1 nitrogen and oxygen atoms in total. The zero-order chi connectivity index (χ0) is 3.41. The molecule has 1 N–H and O–H groups in total. The average Bonchev–Trinajstić information content (AvgIpc) is 1.37. The van der Waals surface area contributed by atoms with E-state index in [0.717, 1.165) is 0 Å². The Balaban J connectivity index is 0. The molecule has 0 aromatic carbocycles. The Labute approximate surface area is 62.2 Å². The average molecular weight is 210 g/mol. The first-order valence-electron chi connectivity index (χ1n) is 1.17. The van der Waals surface area contributed by atoms with Crippen molar-refractivity contribution in [3.63, 3.8) is 0 Å². The summed E-state index contributed by atoms with van der Waals surface area (Å²) in [7, 11) is -0.0540. The second kappa shape index (κ2) is 8.83. The van der Waals surface area contributed by atoms with Gasteiger partial charge < -0.3 is 5.11 Å². The van der Waals surface area contributed by atoms with Gasteiger partial charge in [-0.25, -0.2) is 0 Å². The van der Waals surface area contributed by atoms with Crippen LogP contribution in [0.15, 0.2) is 0 Å². The van der Waals surface area contributed by atoms with Crippen LogP contribution in [0, 0.1) is 40.8 Å². The quantitative estimate of drug-likeness (QED) is 0.595. The van der Waals surface area contributed by atoms with E-state index in [0.29, 0.717) is 0 Å². The van der Waals surface area contributed by atoms with Crippen molar-refractivity contribution in [3.8, 4) is 0 Å². The molecule has 0 aromatic rings. The largest absolute Gasteiger partial charge is 0.392 e. The summed E-state index contributed by atoms with van der Waals surface area (Å²) in [5.74, 6) is 0. The number of aliphatic hydroxyl groups is 1. The monoisotopic (exact) mass is 208 g/mol. The van der Waals surface area contributed by atoms with Crippen LogP contribution >= 0.6 is 9.18 Å². The van der Waals surface area contributed by atoms with Gasteiger partial charge in [0.15, 0.2) is 0 Å². The van der Waals surface area contributed by atoms with Gasteiger partial charge in [0.2, 0.25) is 0 Å². The fourth-order valence-corrected chi connectivity index (χ4v) is 0. The summed E-state index contributed by atoms with van der Waals surface area (Å²) in [4.78, 5) is 0. The molecular formula is CH5NdOP. The van der Waals surface area contributed by atoms with Gasteiger partial charge in [0.05, 0.1) is 7.63 Å². The molecule has 0 saturated heterocycles. The molecule has 24 valence electrons. The molecule has 0 aliphatic carbocycles. The van der Waals surface area contributed by atoms with Crippen LogP contribution in [0.1, 0.15) is 0 Å². The van der Waals surface area contributed by atoms with E-state index < -0.39 is 0 Å². The fourth-order valence-electron chi connectivity index (χ4n) is 0. The van der Waals surface area contributed by atoms with Crippen LogP contribution in [-0.4, -0.2) is 12.7 Å². The number of hydrogen-bond donors (Lipinski definition) is 1. The maximum atomic E-state index is 7.70. The molecule has 1 unspecified atom stereocenters. The van der Waals surface area contributed by atoms with Gasteiger partial charge in [0.25, 0.3) is 0 Å². The van der Waals surface area contributed by atoms with Gasteiger partial charge in [-0.1, -0.05) is 0 Å². The van der Waals surface area contributed by atoms with Gasteiger partial charge >= 0.3 is 0 Å². The van der Waals surface area contributed by atoms with Gasteiger partial charge in [0.1, 0.15) is 0 Å². The molecule has 1 atom stereocenters. The zero-order valence-corrected chi connectivity index (χ0v) is 6.36. The van der Waals surface area contributed by atoms with Crippen LogP contribution < -0.4 is 0 Å². The van der Waals surface area contributed by atoms with Crippen LogP contribution in [0.4, 0.5) is 0 Å². The summed E-state index contributed by atoms with van der Waals surface area (Å²) in [5.41, 5.74) is 0. The van der Waals surface area contributed by atoms with Crippen molar-refractivity contribution >= 4 is 9.18 Å². The van der Waals surface area contributed by atoms with Crippen molar-refractivity contribution < 1.29 is 45.9 Å². The van der Waals surface area contributed by atoms with E-state index >= 15 is 0 Å². The normalized spacial score (nSPS) is 10.8. The molecule has 0 aliphatic rings. The Morgan fingerprint density at radius 3 is 2.50 bits per heavy atom. The van der Waals surface area contributed by atoms with Crippen molar-refractivity contribution in [3.05, 3.63) is 0 Å². The maximum absolute atomic E-state index is 7.70. The van der Waals surface area contributed by atoms with Crippen molar-refractivity contribution in [2.24, 2.45) is 0 Å². The van der Waals surface area contributed by atoms with E-state index in [2.05, 4.69) is 0 Å². The first-order valence-corrected chi connectivity index (χ1v) is 1.38. The standard InChI is InChI=1S/CH5OP.Nd/c2-1-3;/h2H,1,3H2;/i3T;. The van der Waals surface area contributed by atoms with Crippen molar-refractivity contribution in [1.82, 2.24) is 0 Å². The number of hydrogen-bond acceptors (Lipinski definition) is 1. The topological polar surface area (TPSA) is 20.2 Å². The Hall–Kier alpha value is 1.74. The first kappa shape index (κ1) is 5.74. The van der Waals surface area contributed by atoms with Crippen molar-refractivity contribution in [2.45, 2.75) is 0 Å². The second-order valence-electron chi connectivity index (χ2n) is 0.158. The van der Waals surface area contributed by atoms with Crippen molar-refractivity contribution in [1.29, 1.82) is 1.28 Å². The predicted octanol–water partition coefficient (Wildman–Crippen LogP) is -0.189. The summed E-state index contributed by atoms with van der Waals surface area (Å²) in [6.07, 6.45) is 0.0139. The van der Waals surface area contributed by atoms with Gasteiger partial charge in [0, 0.05) is 40.8 Å². The van der Waals surface area contributed by atoms with E-state index in [-0.39, 0.29) is 56.4 Å². The van der Waals surface area contributed by atoms with Crippen LogP contribution in [0.5, 0.6) is 0 Å². The van der Waals surface area contributed by atoms with Crippen LogP contribution in [0.2, 0.25) is 0 Å². The predicted molar refractivity (Wildman–Crippen MR) is 16.8 cm³/mol. The minimum Gasteiger partial charge on any atom is -0.392 e. The van der Waals surface area contributed by atoms with Gasteiger partial charge in [-0.2, -0.15) is 0 Å². The minimum atomic E-state index is -0.0540. The molecule has 0 spiro atoms. The van der Waals surface area contributed by atoms with E-state index in [9.17, 15) is 0 Å². The third-order valence-corrected chi connectivity index (χ3v) is 0.